The molecule has 6 nitrogen and oxygen atoms in total. The van der Waals surface area contributed by atoms with Crippen LogP contribution >= 0.6 is 0 Å². The van der Waals surface area contributed by atoms with Crippen LogP contribution in [-0.2, 0) is 7.05 Å². The molecule has 1 rings (SSSR count). The Kier molecular flexibility index (Phi) is 1.82. The van der Waals surface area contributed by atoms with E-state index in [2.05, 4.69) is 5.10 Å². The summed E-state index contributed by atoms with van der Waals surface area (Å²) in [6.07, 6.45) is 1.14. The first kappa shape index (κ1) is 8.25. The van der Waals surface area contributed by atoms with E-state index in [0.29, 0.717) is 0 Å². The van der Waals surface area contributed by atoms with Crippen LogP contribution in [0, 0.1) is 0 Å². The molecule has 1 aromatic heterocycles. The summed E-state index contributed by atoms with van der Waals surface area (Å²) in [6.45, 7) is 0. The third kappa shape index (κ3) is 1.26. The van der Waals surface area contributed by atoms with Crippen molar-refractivity contribution in [2.24, 2.45) is 7.05 Å². The number of carbonyl (C=O) groups is 2. The highest BCUT2D eigenvalue weighted by Gasteiger charge is 2.19. The van der Waals surface area contributed by atoms with Gasteiger partial charge < -0.3 is 10.2 Å². The molecule has 2 N–H and O–H groups in total. The van der Waals surface area contributed by atoms with Crippen molar-refractivity contribution in [2.45, 2.75) is 0 Å². The van der Waals surface area contributed by atoms with E-state index in [1.54, 1.807) is 0 Å². The van der Waals surface area contributed by atoms with E-state index >= 15 is 0 Å². The molecule has 1 heterocycles. The Hall–Kier alpha value is -1.85. The number of carboxylic acids is 2. The molecular formula is C6H6N2O4. The van der Waals surface area contributed by atoms with Gasteiger partial charge in [-0.3, -0.25) is 4.68 Å². The number of rotatable bonds is 2. The van der Waals surface area contributed by atoms with Crippen LogP contribution in [0.4, 0.5) is 0 Å². The van der Waals surface area contributed by atoms with E-state index in [1.807, 2.05) is 0 Å². The van der Waals surface area contributed by atoms with Crippen molar-refractivity contribution < 1.29 is 19.8 Å². The second-order valence-corrected chi connectivity index (χ2v) is 2.18. The van der Waals surface area contributed by atoms with E-state index in [4.69, 9.17) is 10.2 Å². The highest BCUT2D eigenvalue weighted by molar-refractivity contribution is 5.99. The molecule has 0 aromatic carbocycles. The van der Waals surface area contributed by atoms with Gasteiger partial charge in [0.15, 0.2) is 5.69 Å². The Bertz CT molecular complexity index is 310. The van der Waals surface area contributed by atoms with Gasteiger partial charge in [0.05, 0.1) is 0 Å². The fraction of sp³-hybridized carbons (Fsp3) is 0.167. The van der Waals surface area contributed by atoms with Gasteiger partial charge in [-0.05, 0) is 0 Å². The maximum atomic E-state index is 10.4. The second kappa shape index (κ2) is 2.65. The minimum absolute atomic E-state index is 0.301. The van der Waals surface area contributed by atoms with Crippen LogP contribution < -0.4 is 0 Å². The molecule has 0 atom stereocenters. The first-order valence-electron chi connectivity index (χ1n) is 3.02. The molecule has 0 saturated carbocycles. The predicted molar refractivity (Wildman–Crippen MR) is 37.1 cm³/mol. The van der Waals surface area contributed by atoms with Gasteiger partial charge in [-0.2, -0.15) is 5.10 Å². The monoisotopic (exact) mass is 170 g/mol. The van der Waals surface area contributed by atoms with Crippen LogP contribution in [0.1, 0.15) is 20.8 Å². The molecule has 6 heteroatoms. The molecular weight excluding hydrogens is 164 g/mol. The highest BCUT2D eigenvalue weighted by atomic mass is 16.4. The van der Waals surface area contributed by atoms with Crippen molar-refractivity contribution in [1.82, 2.24) is 9.78 Å². The number of nitrogens with zero attached hydrogens (tertiary/aromatic N) is 2. The standard InChI is InChI=1S/C6H6N2O4/c1-8-2-3(5(9)10)4(7-8)6(11)12/h2H,1H3,(H,9,10)(H,11,12). The van der Waals surface area contributed by atoms with Gasteiger partial charge in [0.1, 0.15) is 5.56 Å². The molecule has 64 valence electrons. The van der Waals surface area contributed by atoms with Gasteiger partial charge in [-0.25, -0.2) is 9.59 Å². The first-order valence-corrected chi connectivity index (χ1v) is 3.02. The summed E-state index contributed by atoms with van der Waals surface area (Å²) < 4.78 is 1.15. The molecule has 0 saturated heterocycles. The summed E-state index contributed by atoms with van der Waals surface area (Å²) in [4.78, 5) is 20.8. The van der Waals surface area contributed by atoms with Gasteiger partial charge in [0.2, 0.25) is 0 Å². The minimum Gasteiger partial charge on any atom is -0.478 e. The van der Waals surface area contributed by atoms with Crippen LogP contribution in [0.5, 0.6) is 0 Å². The SMILES string of the molecule is Cn1cc(C(=O)O)c(C(=O)O)n1. The average molecular weight is 170 g/mol. The number of aryl methyl sites for hydroxylation is 1. The van der Waals surface area contributed by atoms with Gasteiger partial charge in [-0.1, -0.05) is 0 Å². The molecule has 0 fully saturated rings. The van der Waals surface area contributed by atoms with E-state index in [9.17, 15) is 9.59 Å². The molecule has 0 aliphatic carbocycles. The summed E-state index contributed by atoms with van der Waals surface area (Å²) >= 11 is 0. The lowest BCUT2D eigenvalue weighted by Crippen LogP contribution is -2.06. The zero-order chi connectivity index (χ0) is 9.30. The Morgan fingerprint density at radius 1 is 1.42 bits per heavy atom. The van der Waals surface area contributed by atoms with Gasteiger partial charge in [-0.15, -0.1) is 0 Å². The quantitative estimate of drug-likeness (QED) is 0.642. The summed E-state index contributed by atoms with van der Waals surface area (Å²) in [6, 6.07) is 0. The normalized spacial score (nSPS) is 9.75. The van der Waals surface area contributed by atoms with Crippen molar-refractivity contribution >= 4 is 11.9 Å². The predicted octanol–water partition coefficient (Wildman–Crippen LogP) is -0.184. The van der Waals surface area contributed by atoms with Crippen LogP contribution in [0.15, 0.2) is 6.20 Å². The van der Waals surface area contributed by atoms with Gasteiger partial charge in [0, 0.05) is 13.2 Å². The molecule has 0 radical (unpaired) electrons. The van der Waals surface area contributed by atoms with Crippen molar-refractivity contribution in [3.05, 3.63) is 17.5 Å². The topological polar surface area (TPSA) is 92.4 Å². The number of aromatic carboxylic acids is 2. The lowest BCUT2D eigenvalue weighted by Gasteiger charge is -1.87. The van der Waals surface area contributed by atoms with Crippen molar-refractivity contribution in [1.29, 1.82) is 0 Å². The van der Waals surface area contributed by atoms with Crippen molar-refractivity contribution in [2.75, 3.05) is 0 Å². The maximum absolute atomic E-state index is 10.4. The molecule has 0 unspecified atom stereocenters. The van der Waals surface area contributed by atoms with Crippen LogP contribution in [-0.4, -0.2) is 31.9 Å². The number of aromatic nitrogens is 2. The third-order valence-corrected chi connectivity index (χ3v) is 1.26. The zero-order valence-electron chi connectivity index (χ0n) is 6.18. The van der Waals surface area contributed by atoms with E-state index in [-0.39, 0.29) is 5.56 Å². The number of hydrogen-bond donors (Lipinski definition) is 2. The molecule has 0 aliphatic rings. The van der Waals surface area contributed by atoms with Crippen LogP contribution in [0.2, 0.25) is 0 Å². The van der Waals surface area contributed by atoms with Crippen molar-refractivity contribution in [3.63, 3.8) is 0 Å². The average Bonchev–Trinajstić information content (AvgIpc) is 2.31. The highest BCUT2D eigenvalue weighted by Crippen LogP contribution is 2.05. The molecule has 0 aliphatic heterocycles. The van der Waals surface area contributed by atoms with Crippen molar-refractivity contribution in [3.8, 4) is 0 Å². The second-order valence-electron chi connectivity index (χ2n) is 2.18. The van der Waals surface area contributed by atoms with Crippen LogP contribution in [0.25, 0.3) is 0 Å². The summed E-state index contributed by atoms with van der Waals surface area (Å²) in [5.74, 6) is -2.63. The lowest BCUT2D eigenvalue weighted by atomic mass is 10.2. The minimum atomic E-state index is -1.34. The lowest BCUT2D eigenvalue weighted by molar-refractivity contribution is 0.0648. The smallest absolute Gasteiger partial charge is 0.357 e. The van der Waals surface area contributed by atoms with E-state index < -0.39 is 17.6 Å². The number of hydrogen-bond acceptors (Lipinski definition) is 3. The Balaban J connectivity index is 3.26. The largest absolute Gasteiger partial charge is 0.478 e. The van der Waals surface area contributed by atoms with Crippen LogP contribution in [0.3, 0.4) is 0 Å². The first-order chi connectivity index (χ1) is 5.52. The maximum Gasteiger partial charge on any atom is 0.357 e. The zero-order valence-corrected chi connectivity index (χ0v) is 6.18. The Morgan fingerprint density at radius 2 is 2.00 bits per heavy atom. The molecule has 12 heavy (non-hydrogen) atoms. The summed E-state index contributed by atoms with van der Waals surface area (Å²) in [7, 11) is 1.46. The van der Waals surface area contributed by atoms with Gasteiger partial charge >= 0.3 is 11.9 Å². The third-order valence-electron chi connectivity index (χ3n) is 1.26. The molecule has 0 bridgehead atoms. The molecule has 0 spiro atoms. The number of carboxylic acid groups (broad SMARTS) is 2. The van der Waals surface area contributed by atoms with E-state index in [1.165, 1.54) is 7.05 Å². The molecule has 0 amide bonds. The van der Waals surface area contributed by atoms with Gasteiger partial charge in [0.25, 0.3) is 0 Å². The summed E-state index contributed by atoms with van der Waals surface area (Å²) in [5, 5.41) is 20.5. The van der Waals surface area contributed by atoms with E-state index in [0.717, 1.165) is 10.9 Å². The Labute approximate surface area is 67.0 Å². The molecule has 1 aromatic rings. The summed E-state index contributed by atoms with van der Waals surface area (Å²) in [5.41, 5.74) is -0.741. The Morgan fingerprint density at radius 3 is 2.33 bits per heavy atom. The fourth-order valence-corrected chi connectivity index (χ4v) is 0.803. The fourth-order valence-electron chi connectivity index (χ4n) is 0.803.